The normalized spacial score (nSPS) is 15.9. The third-order valence-electron chi connectivity index (χ3n) is 3.57. The lowest BCUT2D eigenvalue weighted by molar-refractivity contribution is 0.0956. The lowest BCUT2D eigenvalue weighted by Crippen LogP contribution is -2.25. The summed E-state index contributed by atoms with van der Waals surface area (Å²) in [6, 6.07) is 5.20. The van der Waals surface area contributed by atoms with Gasteiger partial charge in [-0.2, -0.15) is 0 Å². The number of aliphatic hydroxyl groups excluding tert-OH is 1. The Morgan fingerprint density at radius 2 is 2.21 bits per heavy atom. The second-order valence-electron chi connectivity index (χ2n) is 5.18. The first kappa shape index (κ1) is 13.7. The van der Waals surface area contributed by atoms with Crippen molar-refractivity contribution < 1.29 is 9.90 Å². The molecule has 0 atom stereocenters. The summed E-state index contributed by atoms with van der Waals surface area (Å²) in [6.45, 7) is 3.31. The average Bonchev–Trinajstić information content (AvgIpc) is 3.17. The fraction of sp³-hybridized carbons (Fsp3) is 0.500. The van der Waals surface area contributed by atoms with Crippen LogP contribution in [-0.4, -0.2) is 30.7 Å². The number of nitrogen functional groups attached to an aromatic ring is 1. The molecule has 0 unspecified atom stereocenters. The molecular formula is C14H21N3O2. The Balaban J connectivity index is 2.13. The van der Waals surface area contributed by atoms with Crippen LogP contribution in [0.2, 0.25) is 0 Å². The minimum absolute atomic E-state index is 0.0108. The molecule has 1 aliphatic carbocycles. The lowest BCUT2D eigenvalue weighted by Gasteiger charge is -2.17. The van der Waals surface area contributed by atoms with Gasteiger partial charge in [0.1, 0.15) is 0 Å². The van der Waals surface area contributed by atoms with Gasteiger partial charge in [0, 0.05) is 29.9 Å². The van der Waals surface area contributed by atoms with Crippen LogP contribution in [0.25, 0.3) is 0 Å². The molecule has 104 valence electrons. The Hall–Kier alpha value is -1.75. The average molecular weight is 263 g/mol. The second kappa shape index (κ2) is 5.48. The molecule has 0 spiro atoms. The monoisotopic (exact) mass is 263 g/mol. The van der Waals surface area contributed by atoms with E-state index in [9.17, 15) is 9.90 Å². The van der Waals surface area contributed by atoms with Crippen LogP contribution in [0.1, 0.15) is 30.1 Å². The minimum atomic E-state index is -0.112. The number of hydrogen-bond donors (Lipinski definition) is 4. The number of aliphatic hydroxyl groups is 1. The molecule has 0 radical (unpaired) electrons. The maximum absolute atomic E-state index is 11.9. The molecule has 0 bridgehead atoms. The van der Waals surface area contributed by atoms with Crippen LogP contribution in [0.15, 0.2) is 18.2 Å². The van der Waals surface area contributed by atoms with E-state index in [-0.39, 0.29) is 17.9 Å². The molecule has 19 heavy (non-hydrogen) atoms. The number of hydrogen-bond acceptors (Lipinski definition) is 4. The third-order valence-corrected chi connectivity index (χ3v) is 3.57. The molecule has 1 aromatic carbocycles. The van der Waals surface area contributed by atoms with Crippen molar-refractivity contribution in [2.24, 2.45) is 5.41 Å². The van der Waals surface area contributed by atoms with Crippen molar-refractivity contribution in [2.75, 3.05) is 30.7 Å². The maximum atomic E-state index is 11.9. The van der Waals surface area contributed by atoms with Gasteiger partial charge in [0.2, 0.25) is 0 Å². The summed E-state index contributed by atoms with van der Waals surface area (Å²) in [5.74, 6) is -0.112. The molecule has 0 heterocycles. The number of nitrogens with two attached hydrogens (primary N) is 1. The molecule has 5 heteroatoms. The Morgan fingerprint density at radius 3 is 2.79 bits per heavy atom. The second-order valence-corrected chi connectivity index (χ2v) is 5.18. The maximum Gasteiger partial charge on any atom is 0.253 e. The van der Waals surface area contributed by atoms with E-state index in [4.69, 9.17) is 5.73 Å². The van der Waals surface area contributed by atoms with Crippen LogP contribution in [0.5, 0.6) is 0 Å². The number of amides is 1. The van der Waals surface area contributed by atoms with Crippen LogP contribution in [0.3, 0.4) is 0 Å². The van der Waals surface area contributed by atoms with Gasteiger partial charge in [-0.15, -0.1) is 0 Å². The van der Waals surface area contributed by atoms with Gasteiger partial charge < -0.3 is 21.5 Å². The summed E-state index contributed by atoms with van der Waals surface area (Å²) >= 11 is 0. The van der Waals surface area contributed by atoms with Gasteiger partial charge in [0.05, 0.1) is 12.2 Å². The van der Waals surface area contributed by atoms with Crippen molar-refractivity contribution in [3.63, 3.8) is 0 Å². The topological polar surface area (TPSA) is 87.4 Å². The highest BCUT2D eigenvalue weighted by atomic mass is 16.3. The summed E-state index contributed by atoms with van der Waals surface area (Å²) in [7, 11) is 0. The Labute approximate surface area is 113 Å². The largest absolute Gasteiger partial charge is 0.399 e. The van der Waals surface area contributed by atoms with Gasteiger partial charge in [-0.1, -0.05) is 0 Å². The van der Waals surface area contributed by atoms with Crippen molar-refractivity contribution in [3.05, 3.63) is 23.8 Å². The molecule has 5 N–H and O–H groups in total. The molecule has 1 aromatic rings. The van der Waals surface area contributed by atoms with Gasteiger partial charge in [-0.25, -0.2) is 0 Å². The smallest absolute Gasteiger partial charge is 0.253 e. The first-order chi connectivity index (χ1) is 9.10. The number of rotatable bonds is 6. The Morgan fingerprint density at radius 1 is 1.47 bits per heavy atom. The highest BCUT2D eigenvalue weighted by Crippen LogP contribution is 2.45. The highest BCUT2D eigenvalue weighted by molar-refractivity contribution is 6.00. The van der Waals surface area contributed by atoms with Gasteiger partial charge in [-0.3, -0.25) is 4.79 Å². The molecule has 5 nitrogen and oxygen atoms in total. The number of carbonyl (C=O) groups is 1. The van der Waals surface area contributed by atoms with E-state index in [1.807, 2.05) is 6.92 Å². The fourth-order valence-corrected chi connectivity index (χ4v) is 2.01. The predicted octanol–water partition coefficient (Wildman–Crippen LogP) is 1.20. The van der Waals surface area contributed by atoms with Crippen molar-refractivity contribution >= 4 is 17.3 Å². The summed E-state index contributed by atoms with van der Waals surface area (Å²) in [6.07, 6.45) is 2.05. The minimum Gasteiger partial charge on any atom is -0.399 e. The van der Waals surface area contributed by atoms with E-state index in [1.54, 1.807) is 18.2 Å². The van der Waals surface area contributed by atoms with Crippen LogP contribution in [0.4, 0.5) is 11.4 Å². The van der Waals surface area contributed by atoms with Gasteiger partial charge in [0.25, 0.3) is 5.91 Å². The molecular weight excluding hydrogens is 242 g/mol. The van der Waals surface area contributed by atoms with Crippen LogP contribution >= 0.6 is 0 Å². The molecule has 1 amide bonds. The lowest BCUT2D eigenvalue weighted by atomic mass is 10.1. The molecule has 0 aliphatic heterocycles. The van der Waals surface area contributed by atoms with Gasteiger partial charge >= 0.3 is 0 Å². The number of anilines is 2. The van der Waals surface area contributed by atoms with Crippen LogP contribution in [-0.2, 0) is 0 Å². The Kier molecular flexibility index (Phi) is 3.95. The van der Waals surface area contributed by atoms with Crippen molar-refractivity contribution in [2.45, 2.75) is 19.8 Å². The van der Waals surface area contributed by atoms with Crippen molar-refractivity contribution in [1.29, 1.82) is 0 Å². The molecule has 0 aromatic heterocycles. The SMILES string of the molecule is CCNC(=O)c1ccc(N)cc1NCC1(CO)CC1. The highest BCUT2D eigenvalue weighted by Gasteiger charge is 2.41. The van der Waals surface area contributed by atoms with Crippen molar-refractivity contribution in [1.82, 2.24) is 5.32 Å². The summed E-state index contributed by atoms with van der Waals surface area (Å²) in [5, 5.41) is 15.3. The van der Waals surface area contributed by atoms with Crippen molar-refractivity contribution in [3.8, 4) is 0 Å². The fourth-order valence-electron chi connectivity index (χ4n) is 2.01. The summed E-state index contributed by atoms with van der Waals surface area (Å²) in [5.41, 5.74) is 7.69. The zero-order valence-electron chi connectivity index (χ0n) is 11.2. The molecule has 1 aliphatic rings. The van der Waals surface area contributed by atoms with Crippen LogP contribution in [0, 0.1) is 5.41 Å². The Bertz CT molecular complexity index is 470. The third kappa shape index (κ3) is 3.17. The first-order valence-corrected chi connectivity index (χ1v) is 6.63. The molecule has 0 saturated heterocycles. The van der Waals surface area contributed by atoms with E-state index >= 15 is 0 Å². The quantitative estimate of drug-likeness (QED) is 0.581. The zero-order valence-corrected chi connectivity index (χ0v) is 11.2. The summed E-state index contributed by atoms with van der Waals surface area (Å²) < 4.78 is 0. The summed E-state index contributed by atoms with van der Waals surface area (Å²) in [4.78, 5) is 11.9. The number of benzene rings is 1. The standard InChI is InChI=1S/C14H21N3O2/c1-2-16-13(19)11-4-3-10(15)7-12(11)17-8-14(9-18)5-6-14/h3-4,7,17-18H,2,5-6,8-9,15H2,1H3,(H,16,19). The predicted molar refractivity (Wildman–Crippen MR) is 76.1 cm³/mol. The number of nitrogens with one attached hydrogen (secondary N) is 2. The molecule has 1 saturated carbocycles. The van der Waals surface area contributed by atoms with E-state index < -0.39 is 0 Å². The zero-order chi connectivity index (χ0) is 13.9. The molecule has 2 rings (SSSR count). The van der Waals surface area contributed by atoms with E-state index in [2.05, 4.69) is 10.6 Å². The number of carbonyl (C=O) groups excluding carboxylic acids is 1. The van der Waals surface area contributed by atoms with E-state index in [0.717, 1.165) is 18.5 Å². The first-order valence-electron chi connectivity index (χ1n) is 6.63. The van der Waals surface area contributed by atoms with Gasteiger partial charge in [-0.05, 0) is 38.0 Å². The van der Waals surface area contributed by atoms with E-state index in [0.29, 0.717) is 24.3 Å². The molecule has 1 fully saturated rings. The van der Waals surface area contributed by atoms with Gasteiger partial charge in [0.15, 0.2) is 0 Å². The van der Waals surface area contributed by atoms with Crippen LogP contribution < -0.4 is 16.4 Å². The van der Waals surface area contributed by atoms with E-state index in [1.165, 1.54) is 0 Å².